The van der Waals surface area contributed by atoms with Gasteiger partial charge in [0.2, 0.25) is 5.43 Å². The van der Waals surface area contributed by atoms with E-state index in [0.29, 0.717) is 5.56 Å². The van der Waals surface area contributed by atoms with Crippen LogP contribution in [0.25, 0.3) is 11.1 Å². The average Bonchev–Trinajstić information content (AvgIpc) is 2.56. The second-order valence-corrected chi connectivity index (χ2v) is 5.91. The summed E-state index contributed by atoms with van der Waals surface area (Å²) in [6.45, 7) is 3.80. The van der Waals surface area contributed by atoms with Crippen LogP contribution in [-0.4, -0.2) is 0 Å². The number of benzene rings is 2. The van der Waals surface area contributed by atoms with Gasteiger partial charge in [-0.05, 0) is 48.7 Å². The van der Waals surface area contributed by atoms with E-state index in [4.69, 9.17) is 0 Å². The Balaban J connectivity index is 2.01. The summed E-state index contributed by atoms with van der Waals surface area (Å²) in [5.74, 6) is 0. The van der Waals surface area contributed by atoms with E-state index in [1.165, 1.54) is 12.1 Å². The van der Waals surface area contributed by atoms with Gasteiger partial charge in [0.25, 0.3) is 5.43 Å². The van der Waals surface area contributed by atoms with Gasteiger partial charge in [-0.15, -0.1) is 0 Å². The monoisotopic (exact) mass is 345 g/mol. The van der Waals surface area contributed by atoms with Gasteiger partial charge in [0, 0.05) is 5.69 Å². The van der Waals surface area contributed by atoms with Crippen LogP contribution in [0.3, 0.4) is 0 Å². The molecule has 0 amide bonds. The van der Waals surface area contributed by atoms with Crippen molar-refractivity contribution in [1.29, 1.82) is 0 Å². The Morgan fingerprint density at radius 3 is 2.24 bits per heavy atom. The highest BCUT2D eigenvalue weighted by molar-refractivity contribution is 5.85. The molecule has 3 aromatic carbocycles. The Kier molecular flexibility index (Phi) is 3.99. The highest BCUT2D eigenvalue weighted by atomic mass is 19.4. The fourth-order valence-corrected chi connectivity index (χ4v) is 2.60. The molecular formula is C19H14F3NO2. The van der Waals surface area contributed by atoms with Gasteiger partial charge < -0.3 is 5.32 Å². The van der Waals surface area contributed by atoms with Crippen molar-refractivity contribution in [2.24, 2.45) is 0 Å². The molecule has 3 nitrogen and oxygen atoms in total. The Labute approximate surface area is 141 Å². The van der Waals surface area contributed by atoms with Crippen LogP contribution >= 0.6 is 0 Å². The average molecular weight is 345 g/mol. The van der Waals surface area contributed by atoms with Crippen molar-refractivity contribution in [3.63, 3.8) is 0 Å². The zero-order valence-corrected chi connectivity index (χ0v) is 13.5. The van der Waals surface area contributed by atoms with Crippen molar-refractivity contribution < 1.29 is 13.2 Å². The maximum atomic E-state index is 12.8. The largest absolute Gasteiger partial charge is 0.416 e. The molecule has 6 heteroatoms. The smallest absolute Gasteiger partial charge is 0.352 e. The summed E-state index contributed by atoms with van der Waals surface area (Å²) in [7, 11) is 0. The lowest BCUT2D eigenvalue weighted by atomic mass is 9.95. The van der Waals surface area contributed by atoms with Crippen molar-refractivity contribution >= 4 is 11.4 Å². The van der Waals surface area contributed by atoms with Crippen LogP contribution in [0.2, 0.25) is 0 Å². The predicted molar refractivity (Wildman–Crippen MR) is 91.0 cm³/mol. The molecule has 0 radical (unpaired) electrons. The van der Waals surface area contributed by atoms with Crippen LogP contribution in [-0.2, 0) is 6.18 Å². The van der Waals surface area contributed by atoms with E-state index in [9.17, 15) is 22.8 Å². The van der Waals surface area contributed by atoms with E-state index in [1.807, 2.05) is 19.9 Å². The summed E-state index contributed by atoms with van der Waals surface area (Å²) in [5.41, 5.74) is 0.685. The minimum absolute atomic E-state index is 0.0209. The van der Waals surface area contributed by atoms with Crippen LogP contribution in [0.5, 0.6) is 0 Å². The van der Waals surface area contributed by atoms with Crippen molar-refractivity contribution in [3.05, 3.63) is 79.6 Å². The fourth-order valence-electron chi connectivity index (χ4n) is 2.60. The first kappa shape index (κ1) is 17.0. The highest BCUT2D eigenvalue weighted by Crippen LogP contribution is 2.32. The molecule has 0 heterocycles. The molecule has 0 saturated carbocycles. The molecule has 0 aliphatic rings. The molecule has 0 spiro atoms. The third-order valence-electron chi connectivity index (χ3n) is 4.17. The molecule has 0 aliphatic carbocycles. The number of rotatable bonds is 3. The van der Waals surface area contributed by atoms with Gasteiger partial charge in [-0.2, -0.15) is 13.2 Å². The van der Waals surface area contributed by atoms with Gasteiger partial charge in [-0.1, -0.05) is 24.3 Å². The van der Waals surface area contributed by atoms with Crippen LogP contribution in [0.15, 0.2) is 52.1 Å². The van der Waals surface area contributed by atoms with Crippen molar-refractivity contribution in [3.8, 4) is 11.1 Å². The molecule has 0 bridgehead atoms. The molecule has 25 heavy (non-hydrogen) atoms. The summed E-state index contributed by atoms with van der Waals surface area (Å²) < 4.78 is 38.4. The first-order valence-electron chi connectivity index (χ1n) is 7.53. The summed E-state index contributed by atoms with van der Waals surface area (Å²) in [6, 6.07) is 9.83. The van der Waals surface area contributed by atoms with E-state index in [1.54, 1.807) is 12.1 Å². The minimum Gasteiger partial charge on any atom is -0.352 e. The molecule has 1 N–H and O–H groups in total. The van der Waals surface area contributed by atoms with E-state index in [0.717, 1.165) is 23.3 Å². The zero-order chi connectivity index (χ0) is 18.4. The third kappa shape index (κ3) is 3.07. The molecule has 0 unspecified atom stereocenters. The summed E-state index contributed by atoms with van der Waals surface area (Å²) >= 11 is 0. The van der Waals surface area contributed by atoms with E-state index >= 15 is 0 Å². The molecule has 0 fully saturated rings. The number of halogens is 3. The van der Waals surface area contributed by atoms with Crippen LogP contribution in [0.1, 0.15) is 16.7 Å². The second kappa shape index (κ2) is 5.88. The minimum atomic E-state index is -4.48. The topological polar surface area (TPSA) is 46.2 Å². The molecule has 0 saturated heterocycles. The first-order chi connectivity index (χ1) is 11.7. The number of hydrogen-bond donors (Lipinski definition) is 1. The van der Waals surface area contributed by atoms with Crippen molar-refractivity contribution in [1.82, 2.24) is 0 Å². The predicted octanol–water partition coefficient (Wildman–Crippen LogP) is 4.33. The summed E-state index contributed by atoms with van der Waals surface area (Å²) in [6.07, 6.45) is -4.48. The lowest BCUT2D eigenvalue weighted by molar-refractivity contribution is -0.137. The molecular weight excluding hydrogens is 331 g/mol. The van der Waals surface area contributed by atoms with E-state index in [2.05, 4.69) is 5.32 Å². The van der Waals surface area contributed by atoms with Crippen LogP contribution < -0.4 is 16.2 Å². The van der Waals surface area contributed by atoms with Gasteiger partial charge >= 0.3 is 6.18 Å². The Hall–Kier alpha value is -2.89. The maximum Gasteiger partial charge on any atom is 0.416 e. The highest BCUT2D eigenvalue weighted by Gasteiger charge is 2.31. The molecule has 3 rings (SSSR count). The normalized spacial score (nSPS) is 11.7. The SMILES string of the molecule is Cc1ccc(-c2c(Nc3cccc(C(F)(F)F)c3)c(=O)c2=O)cc1C. The second-order valence-electron chi connectivity index (χ2n) is 5.91. The molecule has 0 aromatic heterocycles. The maximum absolute atomic E-state index is 12.8. The first-order valence-corrected chi connectivity index (χ1v) is 7.53. The summed E-state index contributed by atoms with van der Waals surface area (Å²) in [4.78, 5) is 23.8. The number of nitrogens with one attached hydrogen (secondary N) is 1. The van der Waals surface area contributed by atoms with Crippen molar-refractivity contribution in [2.45, 2.75) is 20.0 Å². The van der Waals surface area contributed by atoms with Gasteiger partial charge in [-0.3, -0.25) is 9.59 Å². The van der Waals surface area contributed by atoms with Gasteiger partial charge in [-0.25, -0.2) is 0 Å². The van der Waals surface area contributed by atoms with Gasteiger partial charge in [0.05, 0.1) is 11.1 Å². The Morgan fingerprint density at radius 1 is 0.880 bits per heavy atom. The molecule has 128 valence electrons. The molecule has 0 aliphatic heterocycles. The number of alkyl halides is 3. The number of anilines is 2. The van der Waals surface area contributed by atoms with Crippen molar-refractivity contribution in [2.75, 3.05) is 5.32 Å². The third-order valence-corrected chi connectivity index (χ3v) is 4.17. The Morgan fingerprint density at radius 2 is 1.60 bits per heavy atom. The Bertz CT molecular complexity index is 1030. The quantitative estimate of drug-likeness (QED) is 0.719. The zero-order valence-electron chi connectivity index (χ0n) is 13.5. The standard InChI is InChI=1S/C19H14F3NO2/c1-10-6-7-12(8-11(10)2)15-16(18(25)17(15)24)23-14-5-3-4-13(9-14)19(20,21)22/h3-9,23H,1-2H3. The van der Waals surface area contributed by atoms with E-state index < -0.39 is 22.6 Å². The lowest BCUT2D eigenvalue weighted by Gasteiger charge is -2.15. The molecule has 0 atom stereocenters. The van der Waals surface area contributed by atoms with E-state index in [-0.39, 0.29) is 16.9 Å². The van der Waals surface area contributed by atoms with Crippen LogP contribution in [0, 0.1) is 13.8 Å². The summed E-state index contributed by atoms with van der Waals surface area (Å²) in [5, 5.41) is 2.66. The lowest BCUT2D eigenvalue weighted by Crippen LogP contribution is -2.35. The number of hydrogen-bond acceptors (Lipinski definition) is 3. The molecule has 3 aromatic rings. The van der Waals surface area contributed by atoms with Crippen LogP contribution in [0.4, 0.5) is 24.5 Å². The van der Waals surface area contributed by atoms with Gasteiger partial charge in [0.1, 0.15) is 5.69 Å². The number of aryl methyl sites for hydroxylation is 2. The fraction of sp³-hybridized carbons (Fsp3) is 0.158. The van der Waals surface area contributed by atoms with Gasteiger partial charge in [0.15, 0.2) is 0 Å².